The van der Waals surface area contributed by atoms with Crippen LogP contribution in [0.25, 0.3) is 0 Å². The highest BCUT2D eigenvalue weighted by atomic mass is 16.5. The summed E-state index contributed by atoms with van der Waals surface area (Å²) in [7, 11) is 4.94. The van der Waals surface area contributed by atoms with Crippen LogP contribution < -0.4 is 0 Å². The van der Waals surface area contributed by atoms with E-state index in [9.17, 15) is 0 Å². The van der Waals surface area contributed by atoms with Crippen LogP contribution in [0.5, 0.6) is 0 Å². The molecule has 0 bridgehead atoms. The standard InChI is InChI=1S/C6H13O2/c1-7-5-3-4-6-8-2/h1,3-6H2,2H3. The summed E-state index contributed by atoms with van der Waals surface area (Å²) in [6.45, 7) is 1.56. The summed E-state index contributed by atoms with van der Waals surface area (Å²) in [6.07, 6.45) is 2.10. The smallest absolute Gasteiger partial charge is 0.0700 e. The van der Waals surface area contributed by atoms with E-state index >= 15 is 0 Å². The molecule has 0 aromatic carbocycles. The highest BCUT2D eigenvalue weighted by molar-refractivity contribution is 4.35. The van der Waals surface area contributed by atoms with E-state index in [0.717, 1.165) is 26.1 Å². The van der Waals surface area contributed by atoms with E-state index in [-0.39, 0.29) is 0 Å². The highest BCUT2D eigenvalue weighted by Gasteiger charge is 1.83. The van der Waals surface area contributed by atoms with Gasteiger partial charge in [0, 0.05) is 20.3 Å². The molecule has 1 radical (unpaired) electrons. The fourth-order valence-electron chi connectivity index (χ4n) is 0.451. The molecule has 2 nitrogen and oxygen atoms in total. The van der Waals surface area contributed by atoms with Crippen LogP contribution >= 0.6 is 0 Å². The maximum atomic E-state index is 4.81. The van der Waals surface area contributed by atoms with Crippen LogP contribution in [0.3, 0.4) is 0 Å². The second kappa shape index (κ2) is 6.92. The van der Waals surface area contributed by atoms with E-state index in [4.69, 9.17) is 4.74 Å². The van der Waals surface area contributed by atoms with Crippen LogP contribution in [0.4, 0.5) is 0 Å². The van der Waals surface area contributed by atoms with Gasteiger partial charge in [-0.05, 0) is 12.8 Å². The number of unbranched alkanes of at least 4 members (excludes halogenated alkanes) is 1. The monoisotopic (exact) mass is 117 g/mol. The maximum Gasteiger partial charge on any atom is 0.0700 e. The topological polar surface area (TPSA) is 18.5 Å². The van der Waals surface area contributed by atoms with Crippen molar-refractivity contribution < 1.29 is 9.47 Å². The molecule has 0 aromatic rings. The van der Waals surface area contributed by atoms with Gasteiger partial charge in [-0.25, -0.2) is 0 Å². The third-order valence-corrected chi connectivity index (χ3v) is 0.887. The van der Waals surface area contributed by atoms with Crippen LogP contribution in [0.2, 0.25) is 0 Å². The first kappa shape index (κ1) is 7.92. The molecule has 0 aliphatic rings. The molecule has 0 N–H and O–H groups in total. The van der Waals surface area contributed by atoms with Gasteiger partial charge in [0.2, 0.25) is 0 Å². The van der Waals surface area contributed by atoms with Gasteiger partial charge in [-0.3, -0.25) is 0 Å². The second-order valence-corrected chi connectivity index (χ2v) is 1.61. The molecule has 0 heterocycles. The van der Waals surface area contributed by atoms with E-state index in [1.54, 1.807) is 7.11 Å². The number of methoxy groups -OCH3 is 1. The lowest BCUT2D eigenvalue weighted by molar-refractivity contribution is 0.174. The molecule has 0 aliphatic heterocycles. The van der Waals surface area contributed by atoms with Crippen LogP contribution in [0.15, 0.2) is 0 Å². The van der Waals surface area contributed by atoms with Crippen molar-refractivity contribution in [2.75, 3.05) is 20.3 Å². The number of hydrogen-bond acceptors (Lipinski definition) is 2. The number of rotatable bonds is 5. The summed E-state index contributed by atoms with van der Waals surface area (Å²) in [5.41, 5.74) is 0. The third-order valence-electron chi connectivity index (χ3n) is 0.887. The van der Waals surface area contributed by atoms with Crippen molar-refractivity contribution >= 4 is 0 Å². The van der Waals surface area contributed by atoms with Crippen molar-refractivity contribution in [3.05, 3.63) is 7.11 Å². The molecule has 8 heavy (non-hydrogen) atoms. The minimum Gasteiger partial charge on any atom is -0.385 e. The Morgan fingerprint density at radius 3 is 2.38 bits per heavy atom. The van der Waals surface area contributed by atoms with Crippen LogP contribution in [-0.2, 0) is 9.47 Å². The Balaban J connectivity index is 2.53. The molecule has 0 spiro atoms. The quantitative estimate of drug-likeness (QED) is 0.504. The fraction of sp³-hybridized carbons (Fsp3) is 0.833. The van der Waals surface area contributed by atoms with E-state index in [0.29, 0.717) is 0 Å². The van der Waals surface area contributed by atoms with Gasteiger partial charge < -0.3 is 9.47 Å². The average molecular weight is 117 g/mol. The Hall–Kier alpha value is -0.0800. The predicted octanol–water partition coefficient (Wildman–Crippen LogP) is 1.22. The van der Waals surface area contributed by atoms with Gasteiger partial charge >= 0.3 is 0 Å². The normalized spacial score (nSPS) is 9.75. The summed E-state index contributed by atoms with van der Waals surface area (Å²) in [5, 5.41) is 0. The Morgan fingerprint density at radius 1 is 1.25 bits per heavy atom. The zero-order valence-electron chi connectivity index (χ0n) is 5.35. The van der Waals surface area contributed by atoms with Gasteiger partial charge in [0.05, 0.1) is 7.11 Å². The molecule has 2 heteroatoms. The predicted molar refractivity (Wildman–Crippen MR) is 32.4 cm³/mol. The van der Waals surface area contributed by atoms with E-state index < -0.39 is 0 Å². The second-order valence-electron chi connectivity index (χ2n) is 1.61. The molecule has 0 aliphatic carbocycles. The van der Waals surface area contributed by atoms with Crippen molar-refractivity contribution in [1.29, 1.82) is 0 Å². The van der Waals surface area contributed by atoms with E-state index in [1.807, 2.05) is 0 Å². The average Bonchev–Trinajstić information content (AvgIpc) is 1.81. The molecule has 0 atom stereocenters. The Labute approximate surface area is 50.8 Å². The zero-order valence-corrected chi connectivity index (χ0v) is 5.35. The van der Waals surface area contributed by atoms with Gasteiger partial charge in [-0.2, -0.15) is 0 Å². The van der Waals surface area contributed by atoms with Gasteiger partial charge in [0.1, 0.15) is 0 Å². The lowest BCUT2D eigenvalue weighted by Gasteiger charge is -1.96. The van der Waals surface area contributed by atoms with E-state index in [1.165, 1.54) is 0 Å². The first-order chi connectivity index (χ1) is 3.91. The minimum absolute atomic E-state index is 0.739. The number of ether oxygens (including phenoxy) is 2. The summed E-state index contributed by atoms with van der Waals surface area (Å²) < 4.78 is 9.40. The molecule has 0 fully saturated rings. The molecular weight excluding hydrogens is 104 g/mol. The van der Waals surface area contributed by atoms with Crippen molar-refractivity contribution in [3.8, 4) is 0 Å². The lowest BCUT2D eigenvalue weighted by Crippen LogP contribution is -1.91. The molecule has 0 rings (SSSR count). The first-order valence-electron chi connectivity index (χ1n) is 2.77. The molecule has 0 unspecified atom stereocenters. The van der Waals surface area contributed by atoms with Gasteiger partial charge in [-0.15, -0.1) is 0 Å². The molecular formula is C6H13O2. The van der Waals surface area contributed by atoms with Gasteiger partial charge in [0.25, 0.3) is 0 Å². The molecule has 0 saturated heterocycles. The molecule has 0 amide bonds. The number of hydrogen-bond donors (Lipinski definition) is 0. The summed E-state index contributed by atoms with van der Waals surface area (Å²) in [4.78, 5) is 0. The summed E-state index contributed by atoms with van der Waals surface area (Å²) >= 11 is 0. The van der Waals surface area contributed by atoms with Crippen molar-refractivity contribution in [1.82, 2.24) is 0 Å². The largest absolute Gasteiger partial charge is 0.385 e. The van der Waals surface area contributed by atoms with Crippen molar-refractivity contribution in [3.63, 3.8) is 0 Å². The van der Waals surface area contributed by atoms with Gasteiger partial charge in [-0.1, -0.05) is 0 Å². The van der Waals surface area contributed by atoms with Crippen molar-refractivity contribution in [2.45, 2.75) is 12.8 Å². The van der Waals surface area contributed by atoms with E-state index in [2.05, 4.69) is 11.8 Å². The SMILES string of the molecule is [CH2]OCCCCOC. The minimum atomic E-state index is 0.739. The van der Waals surface area contributed by atoms with Gasteiger partial charge in [0.15, 0.2) is 0 Å². The third kappa shape index (κ3) is 5.92. The summed E-state index contributed by atoms with van der Waals surface area (Å²) in [6, 6.07) is 0. The fourth-order valence-corrected chi connectivity index (χ4v) is 0.451. The summed E-state index contributed by atoms with van der Waals surface area (Å²) in [5.74, 6) is 0. The lowest BCUT2D eigenvalue weighted by atomic mass is 10.3. The Bertz CT molecular complexity index is 31.5. The molecule has 0 aromatic heterocycles. The first-order valence-corrected chi connectivity index (χ1v) is 2.77. The van der Waals surface area contributed by atoms with Crippen LogP contribution in [0.1, 0.15) is 12.8 Å². The van der Waals surface area contributed by atoms with Crippen molar-refractivity contribution in [2.24, 2.45) is 0 Å². The highest BCUT2D eigenvalue weighted by Crippen LogP contribution is 1.88. The van der Waals surface area contributed by atoms with Crippen LogP contribution in [-0.4, -0.2) is 20.3 Å². The van der Waals surface area contributed by atoms with Crippen LogP contribution in [0, 0.1) is 7.11 Å². The maximum absolute atomic E-state index is 4.81. The molecule has 49 valence electrons. The Kier molecular flexibility index (Phi) is 6.85. The Morgan fingerprint density at radius 2 is 1.88 bits per heavy atom. The molecule has 0 saturated carbocycles. The zero-order chi connectivity index (χ0) is 6.24.